The van der Waals surface area contributed by atoms with Gasteiger partial charge in [-0.3, -0.25) is 14.6 Å². The van der Waals surface area contributed by atoms with E-state index < -0.39 is 0 Å². The maximum Gasteiger partial charge on any atom is 0.270 e. The molecule has 168 valence electrons. The third kappa shape index (κ3) is 4.31. The van der Waals surface area contributed by atoms with Gasteiger partial charge in [-0.2, -0.15) is 0 Å². The molecule has 3 heterocycles. The Kier molecular flexibility index (Phi) is 6.00. The third-order valence-corrected chi connectivity index (χ3v) is 7.92. The van der Waals surface area contributed by atoms with Crippen LogP contribution in [0, 0.1) is 11.8 Å². The lowest BCUT2D eigenvalue weighted by molar-refractivity contribution is -0.126. The smallest absolute Gasteiger partial charge is 0.270 e. The fraction of sp³-hybridized carbons (Fsp3) is 0.480. The second kappa shape index (κ2) is 9.06. The number of rotatable bonds is 4. The lowest BCUT2D eigenvalue weighted by Crippen LogP contribution is -2.47. The van der Waals surface area contributed by atoms with Crippen LogP contribution in [0.3, 0.4) is 0 Å². The van der Waals surface area contributed by atoms with E-state index in [9.17, 15) is 9.59 Å². The molecule has 2 aliphatic rings. The number of piperidine rings is 1. The Morgan fingerprint density at radius 2 is 1.94 bits per heavy atom. The summed E-state index contributed by atoms with van der Waals surface area (Å²) in [6.45, 7) is 3.68. The Balaban J connectivity index is 1.35. The van der Waals surface area contributed by atoms with Crippen LogP contribution in [0.1, 0.15) is 45.4 Å². The van der Waals surface area contributed by atoms with Crippen molar-refractivity contribution in [3.05, 3.63) is 46.1 Å². The first kappa shape index (κ1) is 21.2. The van der Waals surface area contributed by atoms with E-state index in [0.717, 1.165) is 54.8 Å². The first-order valence-electron chi connectivity index (χ1n) is 11.7. The quantitative estimate of drug-likeness (QED) is 0.611. The van der Waals surface area contributed by atoms with Crippen LogP contribution in [-0.2, 0) is 4.79 Å². The highest BCUT2D eigenvalue weighted by Crippen LogP contribution is 2.32. The molecule has 0 bridgehead atoms. The molecule has 1 aromatic carbocycles. The van der Waals surface area contributed by atoms with E-state index in [1.807, 2.05) is 35.7 Å². The van der Waals surface area contributed by atoms with E-state index in [4.69, 9.17) is 4.98 Å². The third-order valence-electron chi connectivity index (χ3n) is 6.95. The van der Waals surface area contributed by atoms with Gasteiger partial charge in [0.2, 0.25) is 11.9 Å². The minimum atomic E-state index is -0.111. The van der Waals surface area contributed by atoms with Gasteiger partial charge >= 0.3 is 0 Å². The van der Waals surface area contributed by atoms with Crippen LogP contribution in [0.2, 0.25) is 0 Å². The number of H-pyrrole nitrogens is 1. The predicted molar refractivity (Wildman–Crippen MR) is 130 cm³/mol. The summed E-state index contributed by atoms with van der Waals surface area (Å²) in [6, 6.07) is 10.4. The van der Waals surface area contributed by atoms with Crippen molar-refractivity contribution in [2.45, 2.75) is 51.5 Å². The molecule has 1 aliphatic heterocycles. The zero-order chi connectivity index (χ0) is 22.1. The van der Waals surface area contributed by atoms with Crippen molar-refractivity contribution in [1.82, 2.24) is 15.3 Å². The summed E-state index contributed by atoms with van der Waals surface area (Å²) in [4.78, 5) is 35.7. The highest BCUT2D eigenvalue weighted by atomic mass is 32.1. The fourth-order valence-electron chi connectivity index (χ4n) is 5.00. The van der Waals surface area contributed by atoms with Crippen molar-refractivity contribution in [3.8, 4) is 11.1 Å². The van der Waals surface area contributed by atoms with Gasteiger partial charge in [-0.05, 0) is 50.0 Å². The van der Waals surface area contributed by atoms with Gasteiger partial charge in [0, 0.05) is 30.1 Å². The number of carbonyl (C=O) groups is 1. The second-order valence-electron chi connectivity index (χ2n) is 9.33. The lowest BCUT2D eigenvalue weighted by atomic mass is 9.87. The van der Waals surface area contributed by atoms with Crippen LogP contribution >= 0.6 is 11.3 Å². The molecule has 0 spiro atoms. The van der Waals surface area contributed by atoms with E-state index in [2.05, 4.69) is 22.1 Å². The maximum absolute atomic E-state index is 13.0. The molecule has 32 heavy (non-hydrogen) atoms. The van der Waals surface area contributed by atoms with Crippen molar-refractivity contribution in [3.63, 3.8) is 0 Å². The van der Waals surface area contributed by atoms with Crippen molar-refractivity contribution in [1.29, 1.82) is 0 Å². The van der Waals surface area contributed by atoms with Gasteiger partial charge in [0.05, 0.1) is 11.4 Å². The van der Waals surface area contributed by atoms with Crippen LogP contribution in [0.25, 0.3) is 21.3 Å². The van der Waals surface area contributed by atoms with Gasteiger partial charge in [-0.1, -0.05) is 37.3 Å². The molecule has 1 saturated heterocycles. The van der Waals surface area contributed by atoms with Crippen LogP contribution in [0.4, 0.5) is 5.95 Å². The molecule has 2 N–H and O–H groups in total. The van der Waals surface area contributed by atoms with Crippen LogP contribution < -0.4 is 15.8 Å². The number of hydrogen-bond acceptors (Lipinski definition) is 5. The van der Waals surface area contributed by atoms with Gasteiger partial charge in [0.25, 0.3) is 5.56 Å². The molecule has 3 aromatic rings. The zero-order valence-corrected chi connectivity index (χ0v) is 19.3. The second-order valence-corrected chi connectivity index (χ2v) is 10.2. The SMILES string of the molecule is CC1CCC(NC(=O)[C@@H]2CCCN(c3nc4c(-c5ccccc5)csc4c(=O)[nH]3)C2)CC1. The van der Waals surface area contributed by atoms with Crippen LogP contribution in [-0.4, -0.2) is 35.0 Å². The van der Waals surface area contributed by atoms with Crippen LogP contribution in [0.5, 0.6) is 0 Å². The Labute approximate surface area is 192 Å². The molecule has 2 aromatic heterocycles. The van der Waals surface area contributed by atoms with Crippen molar-refractivity contribution >= 4 is 33.4 Å². The van der Waals surface area contributed by atoms with Crippen molar-refractivity contribution < 1.29 is 4.79 Å². The van der Waals surface area contributed by atoms with Crippen molar-refractivity contribution in [2.24, 2.45) is 11.8 Å². The Morgan fingerprint density at radius 1 is 1.16 bits per heavy atom. The monoisotopic (exact) mass is 450 g/mol. The minimum Gasteiger partial charge on any atom is -0.353 e. The van der Waals surface area contributed by atoms with E-state index in [1.54, 1.807) is 0 Å². The number of thiophene rings is 1. The number of amides is 1. The molecular formula is C25H30N4O2S. The topological polar surface area (TPSA) is 78.1 Å². The molecule has 1 saturated carbocycles. The molecule has 1 amide bonds. The highest BCUT2D eigenvalue weighted by Gasteiger charge is 2.29. The van der Waals surface area contributed by atoms with Gasteiger partial charge in [0.15, 0.2) is 0 Å². The summed E-state index contributed by atoms with van der Waals surface area (Å²) >= 11 is 1.43. The normalized spacial score (nSPS) is 23.9. The number of nitrogens with zero attached hydrogens (tertiary/aromatic N) is 2. The zero-order valence-electron chi connectivity index (χ0n) is 18.5. The Bertz CT molecular complexity index is 1150. The molecule has 0 radical (unpaired) electrons. The number of nitrogens with one attached hydrogen (secondary N) is 2. The number of fused-ring (bicyclic) bond motifs is 1. The molecule has 1 aliphatic carbocycles. The highest BCUT2D eigenvalue weighted by molar-refractivity contribution is 7.17. The largest absolute Gasteiger partial charge is 0.353 e. The lowest BCUT2D eigenvalue weighted by Gasteiger charge is -2.34. The average Bonchev–Trinajstić information content (AvgIpc) is 3.26. The molecule has 6 nitrogen and oxygen atoms in total. The summed E-state index contributed by atoms with van der Waals surface area (Å²) in [7, 11) is 0. The van der Waals surface area contributed by atoms with E-state index >= 15 is 0 Å². The van der Waals surface area contributed by atoms with E-state index in [1.165, 1.54) is 24.2 Å². The fourth-order valence-corrected chi connectivity index (χ4v) is 5.90. The number of hydrogen-bond donors (Lipinski definition) is 2. The first-order chi connectivity index (χ1) is 15.6. The molecule has 1 atom stereocenters. The number of anilines is 1. The average molecular weight is 451 g/mol. The predicted octanol–water partition coefficient (Wildman–Crippen LogP) is 4.56. The standard InChI is InChI=1S/C25H30N4O2S/c1-16-9-11-19(12-10-16)26-23(30)18-8-5-13-29(14-18)25-27-21-20(17-6-3-2-4-7-17)15-32-22(21)24(31)28-25/h2-4,6-7,15-16,18-19H,5,8-14H2,1H3,(H,26,30)(H,27,28,31)/t16?,18-,19?/m1/s1. The maximum atomic E-state index is 13.0. The van der Waals surface area contributed by atoms with E-state index in [0.29, 0.717) is 23.2 Å². The Hall–Kier alpha value is -2.67. The van der Waals surface area contributed by atoms with Gasteiger partial charge in [-0.15, -0.1) is 11.3 Å². The summed E-state index contributed by atoms with van der Waals surface area (Å²) in [6.07, 6.45) is 6.33. The number of carbonyl (C=O) groups excluding carboxylic acids is 1. The van der Waals surface area contributed by atoms with Gasteiger partial charge in [-0.25, -0.2) is 4.98 Å². The van der Waals surface area contributed by atoms with Gasteiger partial charge < -0.3 is 10.2 Å². The molecule has 0 unspecified atom stereocenters. The van der Waals surface area contributed by atoms with E-state index in [-0.39, 0.29) is 17.4 Å². The summed E-state index contributed by atoms with van der Waals surface area (Å²) in [5, 5.41) is 5.30. The number of aromatic nitrogens is 2. The molecular weight excluding hydrogens is 420 g/mol. The minimum absolute atomic E-state index is 0.0693. The number of aromatic amines is 1. The summed E-state index contributed by atoms with van der Waals surface area (Å²) < 4.78 is 0.644. The van der Waals surface area contributed by atoms with Crippen molar-refractivity contribution in [2.75, 3.05) is 18.0 Å². The van der Waals surface area contributed by atoms with Crippen LogP contribution in [0.15, 0.2) is 40.5 Å². The molecule has 5 rings (SSSR count). The summed E-state index contributed by atoms with van der Waals surface area (Å²) in [5.74, 6) is 1.42. The summed E-state index contributed by atoms with van der Waals surface area (Å²) in [5.41, 5.74) is 2.67. The Morgan fingerprint density at radius 3 is 2.72 bits per heavy atom. The van der Waals surface area contributed by atoms with Gasteiger partial charge in [0.1, 0.15) is 4.70 Å². The first-order valence-corrected chi connectivity index (χ1v) is 12.6. The number of benzene rings is 1. The molecule has 2 fully saturated rings. The molecule has 7 heteroatoms.